The van der Waals surface area contributed by atoms with Crippen LogP contribution in [-0.2, 0) is 4.84 Å². The number of amides is 2. The van der Waals surface area contributed by atoms with Gasteiger partial charge in [-0.15, -0.1) is 0 Å². The largest absolute Gasteiger partial charge is 0.371 e. The van der Waals surface area contributed by atoms with Crippen LogP contribution in [0.25, 0.3) is 0 Å². The summed E-state index contributed by atoms with van der Waals surface area (Å²) >= 11 is 0. The minimum atomic E-state index is -0.486. The van der Waals surface area contributed by atoms with E-state index in [9.17, 15) is 14.0 Å². The number of hydroxylamine groups is 1. The molecule has 0 atom stereocenters. The van der Waals surface area contributed by atoms with Crippen LogP contribution in [0.4, 0.5) is 27.3 Å². The Balaban J connectivity index is 1.33. The summed E-state index contributed by atoms with van der Waals surface area (Å²) in [4.78, 5) is 44.9. The van der Waals surface area contributed by atoms with Gasteiger partial charge in [0.15, 0.2) is 0 Å². The van der Waals surface area contributed by atoms with Gasteiger partial charge in [-0.1, -0.05) is 0 Å². The Morgan fingerprint density at radius 2 is 1.82 bits per heavy atom. The van der Waals surface area contributed by atoms with Gasteiger partial charge in [-0.3, -0.25) is 19.4 Å². The molecule has 3 heterocycles. The summed E-state index contributed by atoms with van der Waals surface area (Å²) in [5.41, 5.74) is 2.39. The van der Waals surface area contributed by atoms with Gasteiger partial charge in [-0.2, -0.15) is 5.06 Å². The van der Waals surface area contributed by atoms with Gasteiger partial charge in [0.1, 0.15) is 11.6 Å². The number of pyridine rings is 2. The molecular formula is C29H33FN6O3. The van der Waals surface area contributed by atoms with Gasteiger partial charge in [0, 0.05) is 37.4 Å². The van der Waals surface area contributed by atoms with Crippen LogP contribution in [0.3, 0.4) is 0 Å². The van der Waals surface area contributed by atoms with Crippen LogP contribution in [0, 0.1) is 12.7 Å². The summed E-state index contributed by atoms with van der Waals surface area (Å²) < 4.78 is 14.4. The zero-order valence-corrected chi connectivity index (χ0v) is 22.5. The Morgan fingerprint density at radius 3 is 2.49 bits per heavy atom. The van der Waals surface area contributed by atoms with Crippen LogP contribution in [0.5, 0.6) is 0 Å². The number of carbonyl (C=O) groups is 2. The normalized spacial score (nSPS) is 15.1. The summed E-state index contributed by atoms with van der Waals surface area (Å²) in [6.07, 6.45) is 8.60. The molecule has 0 unspecified atom stereocenters. The molecule has 1 saturated carbocycles. The molecule has 9 nitrogen and oxygen atoms in total. The van der Waals surface area contributed by atoms with Crippen molar-refractivity contribution in [2.24, 2.45) is 0 Å². The molecule has 2 amide bonds. The first-order valence-electron chi connectivity index (χ1n) is 13.2. The van der Waals surface area contributed by atoms with Crippen molar-refractivity contribution in [3.63, 3.8) is 0 Å². The lowest BCUT2D eigenvalue weighted by Gasteiger charge is -2.29. The van der Waals surface area contributed by atoms with Crippen LogP contribution < -0.4 is 20.2 Å². The Kier molecular flexibility index (Phi) is 7.74. The lowest BCUT2D eigenvalue weighted by atomic mass is 10.1. The van der Waals surface area contributed by atoms with E-state index in [0.717, 1.165) is 56.1 Å². The summed E-state index contributed by atoms with van der Waals surface area (Å²) in [5, 5.41) is 3.90. The van der Waals surface area contributed by atoms with Crippen molar-refractivity contribution in [1.29, 1.82) is 0 Å². The first-order valence-corrected chi connectivity index (χ1v) is 13.2. The Labute approximate surface area is 227 Å². The van der Waals surface area contributed by atoms with Crippen molar-refractivity contribution in [3.05, 3.63) is 71.4 Å². The van der Waals surface area contributed by atoms with E-state index in [1.54, 1.807) is 31.3 Å². The van der Waals surface area contributed by atoms with Crippen molar-refractivity contribution in [1.82, 2.24) is 9.97 Å². The second-order valence-electron chi connectivity index (χ2n) is 10.1. The molecule has 3 aromatic rings. The third kappa shape index (κ3) is 6.01. The van der Waals surface area contributed by atoms with Crippen LogP contribution in [-0.4, -0.2) is 55.1 Å². The molecule has 1 aromatic carbocycles. The monoisotopic (exact) mass is 532 g/mol. The highest BCUT2D eigenvalue weighted by atomic mass is 19.1. The number of nitrogens with one attached hydrogen (secondary N) is 1. The predicted octanol–water partition coefficient (Wildman–Crippen LogP) is 4.97. The summed E-state index contributed by atoms with van der Waals surface area (Å²) in [6.45, 7) is 3.38. The maximum atomic E-state index is 14.4. The average Bonchev–Trinajstić information content (AvgIpc) is 3.80. The number of halogens is 1. The lowest BCUT2D eigenvalue weighted by molar-refractivity contribution is 0.0771. The van der Waals surface area contributed by atoms with Crippen LogP contribution >= 0.6 is 0 Å². The Morgan fingerprint density at radius 1 is 1.05 bits per heavy atom. The quantitative estimate of drug-likeness (QED) is 0.410. The van der Waals surface area contributed by atoms with Crippen molar-refractivity contribution in [2.75, 3.05) is 47.4 Å². The molecule has 0 radical (unpaired) electrons. The van der Waals surface area contributed by atoms with Gasteiger partial charge < -0.3 is 15.1 Å². The molecular weight excluding hydrogens is 499 g/mol. The molecule has 204 valence electrons. The fourth-order valence-corrected chi connectivity index (χ4v) is 4.83. The highest BCUT2D eigenvalue weighted by Crippen LogP contribution is 2.30. The van der Waals surface area contributed by atoms with Crippen LogP contribution in [0.1, 0.15) is 58.5 Å². The molecule has 1 saturated heterocycles. The van der Waals surface area contributed by atoms with Gasteiger partial charge in [-0.05, 0) is 75.4 Å². The van der Waals surface area contributed by atoms with Gasteiger partial charge in [0.25, 0.3) is 11.8 Å². The maximum absolute atomic E-state index is 14.4. The van der Waals surface area contributed by atoms with Crippen LogP contribution in [0.15, 0.2) is 48.8 Å². The Bertz CT molecular complexity index is 1360. The first kappa shape index (κ1) is 26.6. The van der Waals surface area contributed by atoms with Gasteiger partial charge in [-0.25, -0.2) is 9.37 Å². The zero-order valence-electron chi connectivity index (χ0n) is 22.5. The SMILES string of the molecule is CON(C(=O)c1cc(NC(=O)c2cc(F)cc(N3CCCCC3)c2)cnc1C)c1ccc(N(C)C2CC2)nc1. The first-order chi connectivity index (χ1) is 18.8. The third-order valence-electron chi connectivity index (χ3n) is 7.23. The molecule has 2 aromatic heterocycles. The standard InChI is InChI=1S/C29H33FN6O3/c1-19-26(29(38)36(39-3)24-9-10-27(32-18-24)34(2)23-7-8-23)16-22(17-31-19)33-28(37)20-13-21(30)15-25(14-20)35-11-5-4-6-12-35/h9-10,13-18,23H,4-8,11-12H2,1-3H3,(H,33,37). The van der Waals surface area contributed by atoms with Crippen molar-refractivity contribution < 1.29 is 18.8 Å². The number of piperidine rings is 1. The fraction of sp³-hybridized carbons (Fsp3) is 0.379. The number of anilines is 4. The average molecular weight is 533 g/mol. The van der Waals surface area contributed by atoms with E-state index in [1.807, 2.05) is 13.1 Å². The van der Waals surface area contributed by atoms with Gasteiger partial charge in [0.2, 0.25) is 0 Å². The van der Waals surface area contributed by atoms with E-state index in [4.69, 9.17) is 4.84 Å². The van der Waals surface area contributed by atoms with Crippen molar-refractivity contribution in [3.8, 4) is 0 Å². The Hall–Kier alpha value is -4.05. The topological polar surface area (TPSA) is 90.9 Å². The number of carbonyl (C=O) groups excluding carboxylic acids is 2. The fourth-order valence-electron chi connectivity index (χ4n) is 4.83. The molecule has 39 heavy (non-hydrogen) atoms. The van der Waals surface area contributed by atoms with E-state index < -0.39 is 17.6 Å². The molecule has 1 N–H and O–H groups in total. The van der Waals surface area contributed by atoms with E-state index in [0.29, 0.717) is 28.8 Å². The minimum absolute atomic E-state index is 0.199. The smallest absolute Gasteiger partial charge is 0.284 e. The minimum Gasteiger partial charge on any atom is -0.371 e. The highest BCUT2D eigenvalue weighted by Gasteiger charge is 2.28. The molecule has 2 fully saturated rings. The van der Waals surface area contributed by atoms with E-state index in [2.05, 4.69) is 25.1 Å². The molecule has 10 heteroatoms. The molecule has 0 bridgehead atoms. The molecule has 1 aliphatic carbocycles. The van der Waals surface area contributed by atoms with E-state index in [1.165, 1.54) is 25.4 Å². The number of rotatable bonds is 8. The highest BCUT2D eigenvalue weighted by molar-refractivity contribution is 6.08. The molecule has 5 rings (SSSR count). The number of hydrogen-bond donors (Lipinski definition) is 1. The lowest BCUT2D eigenvalue weighted by Crippen LogP contribution is -2.31. The zero-order chi connectivity index (χ0) is 27.5. The van der Waals surface area contributed by atoms with E-state index >= 15 is 0 Å². The van der Waals surface area contributed by atoms with Gasteiger partial charge >= 0.3 is 0 Å². The second-order valence-corrected chi connectivity index (χ2v) is 10.1. The summed E-state index contributed by atoms with van der Waals surface area (Å²) in [5.74, 6) is -0.588. The number of aromatic nitrogens is 2. The second kappa shape index (κ2) is 11.4. The number of hydrogen-bond acceptors (Lipinski definition) is 7. The molecule has 1 aliphatic heterocycles. The van der Waals surface area contributed by atoms with Crippen LogP contribution in [0.2, 0.25) is 0 Å². The van der Waals surface area contributed by atoms with Crippen molar-refractivity contribution >= 4 is 34.7 Å². The summed E-state index contributed by atoms with van der Waals surface area (Å²) in [6, 6.07) is 10.0. The molecule has 0 spiro atoms. The van der Waals surface area contributed by atoms with E-state index in [-0.39, 0.29) is 11.1 Å². The molecule has 2 aliphatic rings. The number of benzene rings is 1. The maximum Gasteiger partial charge on any atom is 0.284 e. The third-order valence-corrected chi connectivity index (χ3v) is 7.23. The predicted molar refractivity (Wildman–Crippen MR) is 149 cm³/mol. The van der Waals surface area contributed by atoms with Gasteiger partial charge in [0.05, 0.1) is 42.1 Å². The number of nitrogens with zero attached hydrogens (tertiary/aromatic N) is 5. The number of aryl methyl sites for hydroxylation is 1. The van der Waals surface area contributed by atoms with Crippen molar-refractivity contribution in [2.45, 2.75) is 45.1 Å². The summed E-state index contributed by atoms with van der Waals surface area (Å²) in [7, 11) is 3.41.